The second kappa shape index (κ2) is 6.98. The normalized spacial score (nSPS) is 19.5. The Morgan fingerprint density at radius 3 is 2.14 bits per heavy atom. The van der Waals surface area contributed by atoms with Crippen molar-refractivity contribution in [2.75, 3.05) is 39.3 Å². The molecule has 7 heteroatoms. The van der Waals surface area contributed by atoms with Gasteiger partial charge in [-0.2, -0.15) is 0 Å². The van der Waals surface area contributed by atoms with Gasteiger partial charge in [-0.25, -0.2) is 4.79 Å². The average molecular weight is 311 g/mol. The van der Waals surface area contributed by atoms with Crippen molar-refractivity contribution < 1.29 is 19.1 Å². The largest absolute Gasteiger partial charge is 0.450 e. The Kier molecular flexibility index (Phi) is 5.26. The van der Waals surface area contributed by atoms with Crippen molar-refractivity contribution in [3.05, 3.63) is 0 Å². The van der Waals surface area contributed by atoms with Crippen LogP contribution in [0.4, 0.5) is 4.79 Å². The van der Waals surface area contributed by atoms with Gasteiger partial charge in [0.2, 0.25) is 11.8 Å². The highest BCUT2D eigenvalue weighted by Gasteiger charge is 2.58. The number of ether oxygens (including phenoxy) is 1. The van der Waals surface area contributed by atoms with E-state index in [2.05, 4.69) is 5.32 Å². The topological polar surface area (TPSA) is 79.0 Å². The Morgan fingerprint density at radius 1 is 1.05 bits per heavy atom. The summed E-state index contributed by atoms with van der Waals surface area (Å²) >= 11 is 0. The van der Waals surface area contributed by atoms with E-state index in [1.54, 1.807) is 16.7 Å². The van der Waals surface area contributed by atoms with Crippen LogP contribution in [-0.2, 0) is 14.3 Å². The highest BCUT2D eigenvalue weighted by molar-refractivity contribution is 6.07. The number of amides is 3. The van der Waals surface area contributed by atoms with Gasteiger partial charge in [0.25, 0.3) is 0 Å². The number of carbonyl (C=O) groups is 3. The molecule has 0 radical (unpaired) electrons. The van der Waals surface area contributed by atoms with Crippen LogP contribution in [-0.4, -0.2) is 67.0 Å². The standard InChI is InChI=1S/C15H25N3O4/c1-3-7-16-12(19)15(5-6-15)13(20)17-8-10-18(11-9-17)14(21)22-4-2/h3-11H2,1-2H3,(H,16,19). The Labute approximate surface area is 131 Å². The summed E-state index contributed by atoms with van der Waals surface area (Å²) in [6.45, 7) is 6.53. The van der Waals surface area contributed by atoms with Gasteiger partial charge < -0.3 is 19.9 Å². The second-order valence-electron chi connectivity index (χ2n) is 5.82. The van der Waals surface area contributed by atoms with Gasteiger partial charge in [-0.15, -0.1) is 0 Å². The van der Waals surface area contributed by atoms with Crippen LogP contribution in [0.5, 0.6) is 0 Å². The molecule has 1 aliphatic carbocycles. The number of nitrogens with one attached hydrogen (secondary N) is 1. The lowest BCUT2D eigenvalue weighted by Gasteiger charge is -2.35. The van der Waals surface area contributed by atoms with Crippen molar-refractivity contribution in [3.8, 4) is 0 Å². The SMILES string of the molecule is CCCNC(=O)C1(C(=O)N2CCN(C(=O)OCC)CC2)CC1. The minimum absolute atomic E-state index is 0.0930. The lowest BCUT2D eigenvalue weighted by atomic mass is 10.0. The summed E-state index contributed by atoms with van der Waals surface area (Å²) in [7, 11) is 0. The quantitative estimate of drug-likeness (QED) is 0.754. The summed E-state index contributed by atoms with van der Waals surface area (Å²) < 4.78 is 4.96. The van der Waals surface area contributed by atoms with E-state index in [0.717, 1.165) is 6.42 Å². The zero-order valence-corrected chi connectivity index (χ0v) is 13.4. The van der Waals surface area contributed by atoms with Crippen LogP contribution in [0.1, 0.15) is 33.1 Å². The van der Waals surface area contributed by atoms with Crippen LogP contribution >= 0.6 is 0 Å². The first-order valence-corrected chi connectivity index (χ1v) is 8.04. The van der Waals surface area contributed by atoms with E-state index in [-0.39, 0.29) is 17.9 Å². The molecule has 0 atom stereocenters. The molecule has 0 spiro atoms. The molecule has 0 unspecified atom stereocenters. The Balaban J connectivity index is 1.87. The molecule has 0 aromatic heterocycles. The number of piperazine rings is 1. The second-order valence-corrected chi connectivity index (χ2v) is 5.82. The number of hydrogen-bond acceptors (Lipinski definition) is 4. The molecule has 2 rings (SSSR count). The Morgan fingerprint density at radius 2 is 1.64 bits per heavy atom. The molecular weight excluding hydrogens is 286 g/mol. The molecule has 1 heterocycles. The van der Waals surface area contributed by atoms with Gasteiger partial charge in [0.1, 0.15) is 5.41 Å². The summed E-state index contributed by atoms with van der Waals surface area (Å²) in [6.07, 6.45) is 1.77. The molecule has 0 aromatic carbocycles. The molecule has 3 amide bonds. The third-order valence-electron chi connectivity index (χ3n) is 4.22. The molecule has 22 heavy (non-hydrogen) atoms. The van der Waals surface area contributed by atoms with E-state index in [1.807, 2.05) is 6.92 Å². The predicted molar refractivity (Wildman–Crippen MR) is 80.1 cm³/mol. The number of hydrogen-bond donors (Lipinski definition) is 1. The van der Waals surface area contributed by atoms with Gasteiger partial charge in [0, 0.05) is 32.7 Å². The summed E-state index contributed by atoms with van der Waals surface area (Å²) in [5.74, 6) is -0.239. The first-order valence-electron chi connectivity index (χ1n) is 8.04. The van der Waals surface area contributed by atoms with Crippen LogP contribution in [0.2, 0.25) is 0 Å². The minimum atomic E-state index is -0.846. The van der Waals surface area contributed by atoms with Gasteiger partial charge in [-0.1, -0.05) is 6.92 Å². The third kappa shape index (κ3) is 3.34. The lowest BCUT2D eigenvalue weighted by Crippen LogP contribution is -2.54. The van der Waals surface area contributed by atoms with Crippen molar-refractivity contribution in [3.63, 3.8) is 0 Å². The van der Waals surface area contributed by atoms with Crippen LogP contribution in [0.3, 0.4) is 0 Å². The highest BCUT2D eigenvalue weighted by atomic mass is 16.6. The number of carbonyl (C=O) groups excluding carboxylic acids is 3. The first kappa shape index (κ1) is 16.6. The summed E-state index contributed by atoms with van der Waals surface area (Å²) in [5, 5.41) is 2.83. The molecular formula is C15H25N3O4. The molecule has 1 saturated heterocycles. The van der Waals surface area contributed by atoms with Gasteiger partial charge in [-0.3, -0.25) is 9.59 Å². The van der Waals surface area contributed by atoms with E-state index in [9.17, 15) is 14.4 Å². The Hall–Kier alpha value is -1.79. The smallest absolute Gasteiger partial charge is 0.409 e. The molecule has 2 aliphatic rings. The molecule has 1 saturated carbocycles. The van der Waals surface area contributed by atoms with E-state index in [4.69, 9.17) is 4.74 Å². The molecule has 1 N–H and O–H groups in total. The summed E-state index contributed by atoms with van der Waals surface area (Å²) in [6, 6.07) is 0. The molecule has 0 aromatic rings. The van der Waals surface area contributed by atoms with E-state index >= 15 is 0 Å². The van der Waals surface area contributed by atoms with Crippen LogP contribution in [0.25, 0.3) is 0 Å². The van der Waals surface area contributed by atoms with E-state index < -0.39 is 5.41 Å². The van der Waals surface area contributed by atoms with Crippen molar-refractivity contribution in [2.45, 2.75) is 33.1 Å². The van der Waals surface area contributed by atoms with Crippen LogP contribution in [0.15, 0.2) is 0 Å². The van der Waals surface area contributed by atoms with E-state index in [1.165, 1.54) is 0 Å². The monoisotopic (exact) mass is 311 g/mol. The Bertz CT molecular complexity index is 440. The molecule has 2 fully saturated rings. The molecule has 0 bridgehead atoms. The number of nitrogens with zero attached hydrogens (tertiary/aromatic N) is 2. The third-order valence-corrected chi connectivity index (χ3v) is 4.22. The zero-order chi connectivity index (χ0) is 16.2. The lowest BCUT2D eigenvalue weighted by molar-refractivity contribution is -0.145. The van der Waals surface area contributed by atoms with Gasteiger partial charge in [-0.05, 0) is 26.2 Å². The fourth-order valence-corrected chi connectivity index (χ4v) is 2.68. The van der Waals surface area contributed by atoms with Crippen molar-refractivity contribution in [1.29, 1.82) is 0 Å². The van der Waals surface area contributed by atoms with Crippen LogP contribution < -0.4 is 5.32 Å². The van der Waals surface area contributed by atoms with Crippen LogP contribution in [0, 0.1) is 5.41 Å². The van der Waals surface area contributed by atoms with Crippen molar-refractivity contribution in [1.82, 2.24) is 15.1 Å². The maximum absolute atomic E-state index is 12.6. The maximum atomic E-state index is 12.6. The summed E-state index contributed by atoms with van der Waals surface area (Å²) in [4.78, 5) is 39.8. The predicted octanol–water partition coefficient (Wildman–Crippen LogP) is 0.593. The minimum Gasteiger partial charge on any atom is -0.450 e. The molecule has 124 valence electrons. The fraction of sp³-hybridized carbons (Fsp3) is 0.800. The summed E-state index contributed by atoms with van der Waals surface area (Å²) in [5.41, 5.74) is -0.846. The fourth-order valence-electron chi connectivity index (χ4n) is 2.68. The van der Waals surface area contributed by atoms with Crippen molar-refractivity contribution >= 4 is 17.9 Å². The van der Waals surface area contributed by atoms with Gasteiger partial charge in [0.15, 0.2) is 0 Å². The molecule has 7 nitrogen and oxygen atoms in total. The highest BCUT2D eigenvalue weighted by Crippen LogP contribution is 2.47. The van der Waals surface area contributed by atoms with Gasteiger partial charge in [0.05, 0.1) is 6.61 Å². The van der Waals surface area contributed by atoms with Crippen molar-refractivity contribution in [2.24, 2.45) is 5.41 Å². The number of rotatable bonds is 5. The first-order chi connectivity index (χ1) is 10.5. The van der Waals surface area contributed by atoms with E-state index in [0.29, 0.717) is 52.2 Å². The molecule has 1 aliphatic heterocycles. The average Bonchev–Trinajstić information content (AvgIpc) is 3.34. The van der Waals surface area contributed by atoms with Gasteiger partial charge >= 0.3 is 6.09 Å². The maximum Gasteiger partial charge on any atom is 0.409 e. The zero-order valence-electron chi connectivity index (χ0n) is 13.4.